The van der Waals surface area contributed by atoms with Gasteiger partial charge in [-0.2, -0.15) is 8.42 Å². The highest BCUT2D eigenvalue weighted by molar-refractivity contribution is 7.80. The van der Waals surface area contributed by atoms with E-state index in [1.54, 1.807) is 0 Å². The molecular formula is C34H64N2O5S. The first kappa shape index (κ1) is 34.6. The molecule has 0 spiro atoms. The van der Waals surface area contributed by atoms with E-state index >= 15 is 0 Å². The zero-order chi connectivity index (χ0) is 30.7. The van der Waals surface area contributed by atoms with E-state index in [4.69, 9.17) is 4.18 Å². The number of hydrogen-bond donors (Lipinski definition) is 4. The second-order valence-electron chi connectivity index (χ2n) is 15.8. The molecule has 4 unspecified atom stereocenters. The molecule has 4 N–H and O–H groups in total. The van der Waals surface area contributed by atoms with Gasteiger partial charge in [-0.15, -0.1) is 0 Å². The minimum absolute atomic E-state index is 0.0189. The van der Waals surface area contributed by atoms with Crippen LogP contribution in [-0.2, 0) is 14.6 Å². The van der Waals surface area contributed by atoms with Crippen molar-refractivity contribution < 1.29 is 22.3 Å². The van der Waals surface area contributed by atoms with Crippen molar-refractivity contribution in [3.63, 3.8) is 0 Å². The van der Waals surface area contributed by atoms with Gasteiger partial charge in [-0.25, -0.2) is 4.18 Å². The molecule has 0 bridgehead atoms. The minimum Gasteiger partial charge on any atom is -0.393 e. The highest BCUT2D eigenvalue weighted by Crippen LogP contribution is 2.68. The highest BCUT2D eigenvalue weighted by Gasteiger charge is 2.62. The highest BCUT2D eigenvalue weighted by atomic mass is 32.3. The van der Waals surface area contributed by atoms with E-state index in [0.29, 0.717) is 53.4 Å². The zero-order valence-corrected chi connectivity index (χ0v) is 28.4. The third-order valence-electron chi connectivity index (χ3n) is 13.0. The lowest BCUT2D eigenvalue weighted by Crippen LogP contribution is -2.59. The Balaban J connectivity index is 1.34. The maximum atomic E-state index is 11.8. The number of nitrogens with one attached hydrogen (secondary N) is 2. The van der Waals surface area contributed by atoms with Crippen LogP contribution in [0.4, 0.5) is 0 Å². The Labute approximate surface area is 258 Å². The second-order valence-corrected chi connectivity index (χ2v) is 16.8. The molecule has 42 heavy (non-hydrogen) atoms. The normalized spacial score (nSPS) is 39.9. The van der Waals surface area contributed by atoms with Gasteiger partial charge in [-0.3, -0.25) is 4.55 Å². The largest absolute Gasteiger partial charge is 0.397 e. The maximum Gasteiger partial charge on any atom is 0.397 e. The Morgan fingerprint density at radius 1 is 0.905 bits per heavy atom. The molecule has 0 heterocycles. The maximum absolute atomic E-state index is 11.8. The topological polar surface area (TPSA) is 108 Å². The van der Waals surface area contributed by atoms with Crippen molar-refractivity contribution in [2.45, 2.75) is 143 Å². The predicted octanol–water partition coefficient (Wildman–Crippen LogP) is 6.61. The van der Waals surface area contributed by atoms with Crippen LogP contribution in [-0.4, -0.2) is 56.0 Å². The second kappa shape index (κ2) is 14.5. The van der Waals surface area contributed by atoms with E-state index < -0.39 is 16.5 Å². The third-order valence-corrected chi connectivity index (χ3v) is 13.5. The predicted molar refractivity (Wildman–Crippen MR) is 170 cm³/mol. The van der Waals surface area contributed by atoms with Crippen LogP contribution in [0.3, 0.4) is 0 Å². The average Bonchev–Trinajstić information content (AvgIpc) is 3.27. The van der Waals surface area contributed by atoms with Crippen molar-refractivity contribution >= 4 is 10.4 Å². The van der Waals surface area contributed by atoms with Crippen LogP contribution in [0.2, 0.25) is 0 Å². The molecular weight excluding hydrogens is 548 g/mol. The van der Waals surface area contributed by atoms with Gasteiger partial charge >= 0.3 is 10.4 Å². The van der Waals surface area contributed by atoms with Gasteiger partial charge in [0.25, 0.3) is 0 Å². The molecule has 0 aromatic heterocycles. The summed E-state index contributed by atoms with van der Waals surface area (Å²) in [7, 11) is -4.45. The lowest BCUT2D eigenvalue weighted by atomic mass is 9.43. The Hall–Kier alpha value is -0.250. The van der Waals surface area contributed by atoms with Crippen molar-refractivity contribution in [3.8, 4) is 0 Å². The first-order chi connectivity index (χ1) is 19.8. The minimum atomic E-state index is -4.45. The molecule has 0 aliphatic heterocycles. The summed E-state index contributed by atoms with van der Waals surface area (Å²) in [4.78, 5) is 0. The van der Waals surface area contributed by atoms with Crippen molar-refractivity contribution in [1.29, 1.82) is 0 Å². The van der Waals surface area contributed by atoms with E-state index in [0.717, 1.165) is 32.5 Å². The van der Waals surface area contributed by atoms with Crippen LogP contribution in [0.5, 0.6) is 0 Å². The van der Waals surface area contributed by atoms with E-state index in [1.807, 2.05) is 13.8 Å². The van der Waals surface area contributed by atoms with E-state index in [9.17, 15) is 18.1 Å². The van der Waals surface area contributed by atoms with Crippen LogP contribution in [0.1, 0.15) is 125 Å². The summed E-state index contributed by atoms with van der Waals surface area (Å²) in [5, 5.41) is 19.2. The monoisotopic (exact) mass is 612 g/mol. The first-order valence-corrected chi connectivity index (χ1v) is 18.9. The molecule has 0 amide bonds. The number of rotatable bonds is 15. The summed E-state index contributed by atoms with van der Waals surface area (Å²) in [6.45, 7) is 16.9. The van der Waals surface area contributed by atoms with Crippen LogP contribution < -0.4 is 10.6 Å². The molecule has 0 radical (unpaired) electrons. The summed E-state index contributed by atoms with van der Waals surface area (Å²) >= 11 is 0. The molecule has 4 aliphatic carbocycles. The molecule has 246 valence electrons. The summed E-state index contributed by atoms with van der Waals surface area (Å²) in [6, 6.07) is 0.590. The molecule has 0 aromatic rings. The molecule has 4 rings (SSSR count). The fraction of sp³-hybridized carbons (Fsp3) is 1.00. The standard InChI is InChI=1S/C34H64N2O5S/c1-7-8-18-35-19-9-20-36-26-14-16-33(5)25(21-26)22-30(37)32-28-12-11-27(34(28,6)17-15-29(32)33)24(4)10-13-31(23(2)3)41-42(38,39)40/h23-32,35-37H,7-22H2,1-6H3,(H,38,39,40)/t24-,25-,26+,27?,28?,29?,30-,31-,32?,33+,34-/m1/s1. The number of fused-ring (bicyclic) bond motifs is 5. The molecule has 4 saturated carbocycles. The van der Waals surface area contributed by atoms with Crippen LogP contribution in [0.15, 0.2) is 0 Å². The van der Waals surface area contributed by atoms with Gasteiger partial charge in [0, 0.05) is 6.04 Å². The molecule has 4 fully saturated rings. The van der Waals surface area contributed by atoms with Gasteiger partial charge in [-0.05, 0) is 149 Å². The Morgan fingerprint density at radius 3 is 2.29 bits per heavy atom. The first-order valence-electron chi connectivity index (χ1n) is 17.6. The Bertz CT molecular complexity index is 962. The van der Waals surface area contributed by atoms with Crippen LogP contribution in [0, 0.1) is 52.3 Å². The zero-order valence-electron chi connectivity index (χ0n) is 27.6. The number of aliphatic hydroxyl groups excluding tert-OH is 1. The molecule has 0 saturated heterocycles. The van der Waals surface area contributed by atoms with Crippen molar-refractivity contribution in [2.75, 3.05) is 19.6 Å². The van der Waals surface area contributed by atoms with Gasteiger partial charge < -0.3 is 15.7 Å². The summed E-state index contributed by atoms with van der Waals surface area (Å²) < 4.78 is 37.1. The lowest BCUT2D eigenvalue weighted by molar-refractivity contribution is -0.167. The smallest absolute Gasteiger partial charge is 0.393 e. The number of hydrogen-bond acceptors (Lipinski definition) is 6. The van der Waals surface area contributed by atoms with Gasteiger partial charge in [-0.1, -0.05) is 48.0 Å². The molecule has 7 nitrogen and oxygen atoms in total. The van der Waals surface area contributed by atoms with Gasteiger partial charge in [0.2, 0.25) is 0 Å². The third kappa shape index (κ3) is 7.75. The number of aliphatic hydroxyl groups is 1. The van der Waals surface area contributed by atoms with Crippen LogP contribution >= 0.6 is 0 Å². The Morgan fingerprint density at radius 2 is 1.60 bits per heavy atom. The fourth-order valence-corrected chi connectivity index (χ4v) is 11.2. The molecule has 0 aromatic carbocycles. The van der Waals surface area contributed by atoms with Gasteiger partial charge in [0.05, 0.1) is 12.2 Å². The van der Waals surface area contributed by atoms with Gasteiger partial charge in [0.1, 0.15) is 0 Å². The lowest BCUT2D eigenvalue weighted by Gasteiger charge is -2.62. The van der Waals surface area contributed by atoms with Crippen molar-refractivity contribution in [1.82, 2.24) is 10.6 Å². The Kier molecular flexibility index (Phi) is 11.9. The van der Waals surface area contributed by atoms with Crippen molar-refractivity contribution in [2.24, 2.45) is 52.3 Å². The van der Waals surface area contributed by atoms with Crippen molar-refractivity contribution in [3.05, 3.63) is 0 Å². The van der Waals surface area contributed by atoms with Crippen LogP contribution in [0.25, 0.3) is 0 Å². The van der Waals surface area contributed by atoms with E-state index in [-0.39, 0.29) is 17.4 Å². The molecule has 4 aliphatic rings. The SMILES string of the molecule is CCCCNCCCN[C@H]1CC[C@]2(C)C3CC[C@@]4(C)C(CCC4[C@H](C)CC[C@@H](OS(=O)(=O)O)C(C)C)C3[C@H](O)C[C@H]2C1. The summed E-state index contributed by atoms with van der Waals surface area (Å²) in [5.74, 6) is 3.26. The van der Waals surface area contributed by atoms with E-state index in [2.05, 4.69) is 38.3 Å². The fourth-order valence-electron chi connectivity index (χ4n) is 10.6. The van der Waals surface area contributed by atoms with E-state index in [1.165, 1.54) is 64.2 Å². The molecule has 11 atom stereocenters. The van der Waals surface area contributed by atoms with Gasteiger partial charge in [0.15, 0.2) is 0 Å². The summed E-state index contributed by atoms with van der Waals surface area (Å²) in [6.07, 6.45) is 14.1. The molecule has 8 heteroatoms. The average molecular weight is 613 g/mol. The quantitative estimate of drug-likeness (QED) is 0.122. The number of unbranched alkanes of at least 4 members (excludes halogenated alkanes) is 1. The summed E-state index contributed by atoms with van der Waals surface area (Å²) in [5.41, 5.74) is 0.568.